The lowest BCUT2D eigenvalue weighted by molar-refractivity contribution is 0.580. The number of thioether (sulfide) groups is 1. The van der Waals surface area contributed by atoms with Crippen LogP contribution >= 0.6 is 23.4 Å². The van der Waals surface area contributed by atoms with Gasteiger partial charge < -0.3 is 5.32 Å². The molecule has 0 bridgehead atoms. The SMILES string of the molecule is CCNC(CSc1ccc(Cl)cc1)C1=CCCCC1. The summed E-state index contributed by atoms with van der Waals surface area (Å²) in [7, 11) is 0. The van der Waals surface area contributed by atoms with Gasteiger partial charge in [0.05, 0.1) is 0 Å². The van der Waals surface area contributed by atoms with E-state index in [0.29, 0.717) is 6.04 Å². The molecule has 0 amide bonds. The molecular formula is C16H22ClNS. The van der Waals surface area contributed by atoms with Crippen LogP contribution in [0.4, 0.5) is 0 Å². The summed E-state index contributed by atoms with van der Waals surface area (Å²) in [6.45, 7) is 3.21. The average molecular weight is 296 g/mol. The Labute approximate surface area is 125 Å². The van der Waals surface area contributed by atoms with Crippen molar-refractivity contribution in [2.24, 2.45) is 0 Å². The van der Waals surface area contributed by atoms with Gasteiger partial charge in [0.2, 0.25) is 0 Å². The van der Waals surface area contributed by atoms with Gasteiger partial charge in [-0.15, -0.1) is 11.8 Å². The largest absolute Gasteiger partial charge is 0.310 e. The third-order valence-electron chi connectivity index (χ3n) is 3.45. The molecule has 1 aromatic carbocycles. The molecule has 1 N–H and O–H groups in total. The summed E-state index contributed by atoms with van der Waals surface area (Å²) in [4.78, 5) is 1.30. The van der Waals surface area contributed by atoms with E-state index in [-0.39, 0.29) is 0 Å². The molecule has 1 atom stereocenters. The quantitative estimate of drug-likeness (QED) is 0.591. The van der Waals surface area contributed by atoms with Gasteiger partial charge in [-0.2, -0.15) is 0 Å². The fraction of sp³-hybridized carbons (Fsp3) is 0.500. The van der Waals surface area contributed by atoms with E-state index in [0.717, 1.165) is 17.3 Å². The van der Waals surface area contributed by atoms with Crippen molar-refractivity contribution in [3.63, 3.8) is 0 Å². The number of rotatable bonds is 6. The molecule has 1 aromatic rings. The van der Waals surface area contributed by atoms with Crippen LogP contribution in [0.25, 0.3) is 0 Å². The maximum atomic E-state index is 5.92. The van der Waals surface area contributed by atoms with Crippen molar-refractivity contribution in [2.75, 3.05) is 12.3 Å². The van der Waals surface area contributed by atoms with Gasteiger partial charge in [0.1, 0.15) is 0 Å². The lowest BCUT2D eigenvalue weighted by Gasteiger charge is -2.23. The summed E-state index contributed by atoms with van der Waals surface area (Å²) in [5.41, 5.74) is 1.61. The zero-order valence-electron chi connectivity index (χ0n) is 11.5. The van der Waals surface area contributed by atoms with Crippen molar-refractivity contribution in [3.8, 4) is 0 Å². The second-order valence-corrected chi connectivity index (χ2v) is 6.43. The lowest BCUT2D eigenvalue weighted by Crippen LogP contribution is -2.33. The summed E-state index contributed by atoms with van der Waals surface area (Å²) in [6, 6.07) is 8.65. The minimum atomic E-state index is 0.519. The van der Waals surface area contributed by atoms with E-state index in [1.54, 1.807) is 5.57 Å². The summed E-state index contributed by atoms with van der Waals surface area (Å²) >= 11 is 7.82. The molecule has 104 valence electrons. The fourth-order valence-corrected chi connectivity index (χ4v) is 3.58. The number of benzene rings is 1. The van der Waals surface area contributed by atoms with Crippen LogP contribution in [-0.2, 0) is 0 Å². The van der Waals surface area contributed by atoms with Gasteiger partial charge in [0.15, 0.2) is 0 Å². The van der Waals surface area contributed by atoms with Crippen LogP contribution < -0.4 is 5.32 Å². The number of halogens is 1. The van der Waals surface area contributed by atoms with Crippen molar-refractivity contribution in [3.05, 3.63) is 40.9 Å². The molecule has 0 saturated carbocycles. The first-order valence-electron chi connectivity index (χ1n) is 7.10. The average Bonchev–Trinajstić information content (AvgIpc) is 2.46. The maximum Gasteiger partial charge on any atom is 0.0406 e. The zero-order valence-corrected chi connectivity index (χ0v) is 13.1. The van der Waals surface area contributed by atoms with E-state index >= 15 is 0 Å². The Hall–Kier alpha value is -0.440. The van der Waals surface area contributed by atoms with Crippen LogP contribution in [0, 0.1) is 0 Å². The molecule has 0 fully saturated rings. The summed E-state index contributed by atoms with van der Waals surface area (Å²) in [6.07, 6.45) is 7.66. The lowest BCUT2D eigenvalue weighted by atomic mass is 9.95. The van der Waals surface area contributed by atoms with E-state index in [2.05, 4.69) is 30.4 Å². The van der Waals surface area contributed by atoms with Crippen molar-refractivity contribution < 1.29 is 0 Å². The monoisotopic (exact) mass is 295 g/mol. The molecule has 0 aliphatic heterocycles. The zero-order chi connectivity index (χ0) is 13.5. The molecule has 1 aliphatic carbocycles. The van der Waals surface area contributed by atoms with Crippen LogP contribution in [0.5, 0.6) is 0 Å². The second-order valence-electron chi connectivity index (χ2n) is 4.90. The molecule has 19 heavy (non-hydrogen) atoms. The second kappa shape index (κ2) is 7.98. The maximum absolute atomic E-state index is 5.92. The highest BCUT2D eigenvalue weighted by Crippen LogP contribution is 2.26. The van der Waals surface area contributed by atoms with Crippen LogP contribution in [0.2, 0.25) is 5.02 Å². The van der Waals surface area contributed by atoms with E-state index in [9.17, 15) is 0 Å². The molecule has 0 radical (unpaired) electrons. The third-order valence-corrected chi connectivity index (χ3v) is 4.81. The van der Waals surface area contributed by atoms with Gasteiger partial charge in [-0.3, -0.25) is 0 Å². The number of nitrogens with one attached hydrogen (secondary N) is 1. The van der Waals surface area contributed by atoms with Crippen LogP contribution in [0.3, 0.4) is 0 Å². The van der Waals surface area contributed by atoms with Crippen LogP contribution in [-0.4, -0.2) is 18.3 Å². The van der Waals surface area contributed by atoms with E-state index < -0.39 is 0 Å². The first-order chi connectivity index (χ1) is 9.29. The van der Waals surface area contributed by atoms with Gasteiger partial charge in [0, 0.05) is 21.7 Å². The smallest absolute Gasteiger partial charge is 0.0406 e. The van der Waals surface area contributed by atoms with Gasteiger partial charge in [-0.05, 0) is 56.5 Å². The molecule has 0 heterocycles. The van der Waals surface area contributed by atoms with Gasteiger partial charge in [0.25, 0.3) is 0 Å². The summed E-state index contributed by atoms with van der Waals surface area (Å²) < 4.78 is 0. The first-order valence-corrected chi connectivity index (χ1v) is 8.46. The van der Waals surface area contributed by atoms with E-state index in [4.69, 9.17) is 11.6 Å². The first kappa shape index (κ1) is 15.0. The normalized spacial score (nSPS) is 17.1. The predicted octanol–water partition coefficient (Wildman–Crippen LogP) is 4.91. The number of allylic oxidation sites excluding steroid dienone is 1. The van der Waals surface area contributed by atoms with Crippen LogP contribution in [0.15, 0.2) is 40.8 Å². The Morgan fingerprint density at radius 1 is 1.26 bits per heavy atom. The van der Waals surface area contributed by atoms with E-state index in [1.165, 1.54) is 30.6 Å². The molecule has 3 heteroatoms. The summed E-state index contributed by atoms with van der Waals surface area (Å²) in [5, 5.41) is 4.43. The minimum absolute atomic E-state index is 0.519. The topological polar surface area (TPSA) is 12.0 Å². The highest BCUT2D eigenvalue weighted by molar-refractivity contribution is 7.99. The summed E-state index contributed by atoms with van der Waals surface area (Å²) in [5.74, 6) is 1.10. The van der Waals surface area contributed by atoms with Gasteiger partial charge in [-0.25, -0.2) is 0 Å². The molecule has 1 aliphatic rings. The highest BCUT2D eigenvalue weighted by Gasteiger charge is 2.15. The molecule has 1 nitrogen and oxygen atoms in total. The number of hydrogen-bond acceptors (Lipinski definition) is 2. The van der Waals surface area contributed by atoms with Crippen molar-refractivity contribution in [2.45, 2.75) is 43.5 Å². The number of hydrogen-bond donors (Lipinski definition) is 1. The molecule has 1 unspecified atom stereocenters. The molecule has 2 rings (SSSR count). The molecule has 0 aromatic heterocycles. The van der Waals surface area contributed by atoms with Crippen molar-refractivity contribution >= 4 is 23.4 Å². The number of likely N-dealkylation sites (N-methyl/N-ethyl adjacent to an activating group) is 1. The van der Waals surface area contributed by atoms with Gasteiger partial charge >= 0.3 is 0 Å². The molecule has 0 spiro atoms. The Kier molecular flexibility index (Phi) is 6.29. The highest BCUT2D eigenvalue weighted by atomic mass is 35.5. The molecule has 0 saturated heterocycles. The standard InChI is InChI=1S/C16H22ClNS/c1-2-18-16(13-6-4-3-5-7-13)12-19-15-10-8-14(17)9-11-15/h6,8-11,16,18H,2-5,7,12H2,1H3. The van der Waals surface area contributed by atoms with Crippen molar-refractivity contribution in [1.29, 1.82) is 0 Å². The van der Waals surface area contributed by atoms with E-state index in [1.807, 2.05) is 23.9 Å². The third kappa shape index (κ3) is 4.87. The fourth-order valence-electron chi connectivity index (χ4n) is 2.43. The predicted molar refractivity (Wildman–Crippen MR) is 86.2 cm³/mol. The van der Waals surface area contributed by atoms with Crippen LogP contribution in [0.1, 0.15) is 32.6 Å². The Balaban J connectivity index is 1.92. The van der Waals surface area contributed by atoms with Gasteiger partial charge in [-0.1, -0.05) is 30.2 Å². The van der Waals surface area contributed by atoms with Crippen molar-refractivity contribution in [1.82, 2.24) is 5.32 Å². The Morgan fingerprint density at radius 2 is 2.05 bits per heavy atom. The minimum Gasteiger partial charge on any atom is -0.310 e. The Morgan fingerprint density at radius 3 is 2.68 bits per heavy atom. The molecular weight excluding hydrogens is 274 g/mol. The Bertz CT molecular complexity index is 413.